The lowest BCUT2D eigenvalue weighted by molar-refractivity contribution is 0.1000. The third kappa shape index (κ3) is 3.09. The molecule has 3 rings (SSSR count). The number of benzene rings is 1. The summed E-state index contributed by atoms with van der Waals surface area (Å²) in [6, 6.07) is 11.7. The van der Waals surface area contributed by atoms with Crippen molar-refractivity contribution in [2.75, 3.05) is 38.1 Å². The predicted molar refractivity (Wildman–Crippen MR) is 87.9 cm³/mol. The van der Waals surface area contributed by atoms with Gasteiger partial charge in [-0.3, -0.25) is 9.78 Å². The Kier molecular flexibility index (Phi) is 4.06. The van der Waals surface area contributed by atoms with Crippen molar-refractivity contribution in [3.05, 3.63) is 48.2 Å². The average molecular weight is 296 g/mol. The summed E-state index contributed by atoms with van der Waals surface area (Å²) in [5, 5.41) is 0. The fourth-order valence-corrected chi connectivity index (χ4v) is 2.65. The van der Waals surface area contributed by atoms with Gasteiger partial charge in [0, 0.05) is 49.2 Å². The summed E-state index contributed by atoms with van der Waals surface area (Å²) in [4.78, 5) is 20.3. The van der Waals surface area contributed by atoms with Gasteiger partial charge < -0.3 is 15.5 Å². The Hall–Kier alpha value is -2.40. The number of rotatable bonds is 3. The van der Waals surface area contributed by atoms with E-state index in [1.165, 1.54) is 5.69 Å². The Labute approximate surface area is 130 Å². The number of piperazine rings is 1. The summed E-state index contributed by atoms with van der Waals surface area (Å²) in [6.07, 6.45) is 1.61. The van der Waals surface area contributed by atoms with Crippen LogP contribution in [0.1, 0.15) is 10.4 Å². The summed E-state index contributed by atoms with van der Waals surface area (Å²) in [7, 11) is 2.15. The van der Waals surface area contributed by atoms with Crippen molar-refractivity contribution in [3.63, 3.8) is 0 Å². The van der Waals surface area contributed by atoms with Crippen molar-refractivity contribution in [1.29, 1.82) is 0 Å². The molecule has 1 aliphatic heterocycles. The van der Waals surface area contributed by atoms with E-state index in [1.54, 1.807) is 18.3 Å². The second kappa shape index (κ2) is 6.15. The third-order valence-electron chi connectivity index (χ3n) is 4.08. The molecule has 1 aromatic heterocycles. The van der Waals surface area contributed by atoms with Crippen LogP contribution < -0.4 is 10.6 Å². The van der Waals surface area contributed by atoms with Gasteiger partial charge in [0.25, 0.3) is 0 Å². The van der Waals surface area contributed by atoms with Gasteiger partial charge in [0.05, 0.1) is 5.69 Å². The lowest BCUT2D eigenvalue weighted by Gasteiger charge is -2.34. The first-order valence-electron chi connectivity index (χ1n) is 7.43. The van der Waals surface area contributed by atoms with E-state index < -0.39 is 5.91 Å². The summed E-state index contributed by atoms with van der Waals surface area (Å²) in [5.74, 6) is -0.433. The molecule has 0 aliphatic carbocycles. The average Bonchev–Trinajstić information content (AvgIpc) is 2.56. The molecule has 22 heavy (non-hydrogen) atoms. The topological polar surface area (TPSA) is 62.5 Å². The molecule has 0 spiro atoms. The number of anilines is 1. The van der Waals surface area contributed by atoms with Crippen molar-refractivity contribution < 1.29 is 4.79 Å². The van der Waals surface area contributed by atoms with Crippen molar-refractivity contribution in [3.8, 4) is 11.3 Å². The van der Waals surface area contributed by atoms with Gasteiger partial charge in [-0.1, -0.05) is 12.1 Å². The van der Waals surface area contributed by atoms with Gasteiger partial charge in [-0.25, -0.2) is 0 Å². The summed E-state index contributed by atoms with van der Waals surface area (Å²) in [5.41, 5.74) is 8.77. The maximum Gasteiger partial charge on any atom is 0.248 e. The summed E-state index contributed by atoms with van der Waals surface area (Å²) < 4.78 is 0. The van der Waals surface area contributed by atoms with Crippen LogP contribution in [0, 0.1) is 0 Å². The summed E-state index contributed by atoms with van der Waals surface area (Å²) in [6.45, 7) is 4.27. The number of nitrogens with zero attached hydrogens (tertiary/aromatic N) is 3. The molecule has 5 nitrogen and oxygen atoms in total. The van der Waals surface area contributed by atoms with Crippen LogP contribution in [-0.2, 0) is 0 Å². The Morgan fingerprint density at radius 2 is 1.77 bits per heavy atom. The fourth-order valence-electron chi connectivity index (χ4n) is 2.65. The van der Waals surface area contributed by atoms with Crippen molar-refractivity contribution in [2.45, 2.75) is 0 Å². The number of hydrogen-bond acceptors (Lipinski definition) is 4. The number of hydrogen-bond donors (Lipinski definition) is 1. The van der Waals surface area contributed by atoms with Crippen LogP contribution in [0.2, 0.25) is 0 Å². The Bertz CT molecular complexity index is 661. The van der Waals surface area contributed by atoms with Gasteiger partial charge >= 0.3 is 0 Å². The van der Waals surface area contributed by atoms with E-state index in [1.807, 2.05) is 12.1 Å². The molecule has 1 fully saturated rings. The monoisotopic (exact) mass is 296 g/mol. The molecule has 5 heteroatoms. The quantitative estimate of drug-likeness (QED) is 0.934. The maximum absolute atomic E-state index is 11.3. The molecule has 2 heterocycles. The van der Waals surface area contributed by atoms with E-state index in [-0.39, 0.29) is 0 Å². The molecular weight excluding hydrogens is 276 g/mol. The Morgan fingerprint density at radius 1 is 1.09 bits per heavy atom. The van der Waals surface area contributed by atoms with E-state index in [0.29, 0.717) is 5.56 Å². The van der Waals surface area contributed by atoms with Crippen LogP contribution in [0.15, 0.2) is 42.6 Å². The molecule has 1 amide bonds. The molecule has 114 valence electrons. The van der Waals surface area contributed by atoms with Crippen LogP contribution in [0.5, 0.6) is 0 Å². The minimum absolute atomic E-state index is 0.433. The van der Waals surface area contributed by atoms with Gasteiger partial charge in [0.2, 0.25) is 5.91 Å². The smallest absolute Gasteiger partial charge is 0.248 e. The Morgan fingerprint density at radius 3 is 2.41 bits per heavy atom. The molecule has 1 aliphatic rings. The first-order valence-corrected chi connectivity index (χ1v) is 7.43. The molecule has 0 bridgehead atoms. The zero-order valence-corrected chi connectivity index (χ0v) is 12.7. The zero-order valence-electron chi connectivity index (χ0n) is 12.7. The van der Waals surface area contributed by atoms with Gasteiger partial charge in [0.15, 0.2) is 0 Å². The van der Waals surface area contributed by atoms with E-state index in [0.717, 1.165) is 37.4 Å². The standard InChI is InChI=1S/C17H20N4O/c1-20-8-10-21(11-9-20)15-4-2-13(3-5-15)16-12-14(17(18)22)6-7-19-16/h2-7,12H,8-11H2,1H3,(H2,18,22). The number of nitrogens with two attached hydrogens (primary N) is 1. The van der Waals surface area contributed by atoms with E-state index in [2.05, 4.69) is 34.0 Å². The number of likely N-dealkylation sites (N-methyl/N-ethyl adjacent to an activating group) is 1. The molecule has 2 aromatic rings. The van der Waals surface area contributed by atoms with Crippen LogP contribution in [0.25, 0.3) is 11.3 Å². The van der Waals surface area contributed by atoms with Crippen LogP contribution >= 0.6 is 0 Å². The highest BCUT2D eigenvalue weighted by molar-refractivity contribution is 5.93. The molecular formula is C17H20N4O. The van der Waals surface area contributed by atoms with E-state index in [4.69, 9.17) is 5.73 Å². The molecule has 0 saturated carbocycles. The second-order valence-corrected chi connectivity index (χ2v) is 5.63. The van der Waals surface area contributed by atoms with Gasteiger partial charge in [-0.05, 0) is 31.3 Å². The van der Waals surface area contributed by atoms with Crippen molar-refractivity contribution in [1.82, 2.24) is 9.88 Å². The van der Waals surface area contributed by atoms with Gasteiger partial charge in [-0.15, -0.1) is 0 Å². The highest BCUT2D eigenvalue weighted by atomic mass is 16.1. The molecule has 0 atom stereocenters. The predicted octanol–water partition coefficient (Wildman–Crippen LogP) is 1.60. The number of primary amides is 1. The van der Waals surface area contributed by atoms with E-state index in [9.17, 15) is 4.79 Å². The first kappa shape index (κ1) is 14.5. The van der Waals surface area contributed by atoms with Gasteiger partial charge in [0.1, 0.15) is 0 Å². The van der Waals surface area contributed by atoms with Crippen molar-refractivity contribution >= 4 is 11.6 Å². The second-order valence-electron chi connectivity index (χ2n) is 5.63. The molecule has 1 aromatic carbocycles. The highest BCUT2D eigenvalue weighted by Gasteiger charge is 2.14. The summed E-state index contributed by atoms with van der Waals surface area (Å²) >= 11 is 0. The van der Waals surface area contributed by atoms with Crippen LogP contribution in [-0.4, -0.2) is 49.0 Å². The highest BCUT2D eigenvalue weighted by Crippen LogP contribution is 2.23. The lowest BCUT2D eigenvalue weighted by Crippen LogP contribution is -2.44. The number of pyridine rings is 1. The molecule has 0 unspecified atom stereocenters. The van der Waals surface area contributed by atoms with Gasteiger partial charge in [-0.2, -0.15) is 0 Å². The third-order valence-corrected chi connectivity index (χ3v) is 4.08. The normalized spacial score (nSPS) is 15.8. The largest absolute Gasteiger partial charge is 0.369 e. The fraction of sp³-hybridized carbons (Fsp3) is 0.294. The van der Waals surface area contributed by atoms with Crippen molar-refractivity contribution in [2.24, 2.45) is 5.73 Å². The minimum Gasteiger partial charge on any atom is -0.369 e. The molecule has 2 N–H and O–H groups in total. The number of carbonyl (C=O) groups excluding carboxylic acids is 1. The zero-order chi connectivity index (χ0) is 15.5. The SMILES string of the molecule is CN1CCN(c2ccc(-c3cc(C(N)=O)ccn3)cc2)CC1. The Balaban J connectivity index is 1.79. The minimum atomic E-state index is -0.433. The van der Waals surface area contributed by atoms with E-state index >= 15 is 0 Å². The molecule has 1 saturated heterocycles. The molecule has 0 radical (unpaired) electrons. The number of amides is 1. The lowest BCUT2D eigenvalue weighted by atomic mass is 10.1. The van der Waals surface area contributed by atoms with Crippen LogP contribution in [0.3, 0.4) is 0 Å². The van der Waals surface area contributed by atoms with Crippen LogP contribution in [0.4, 0.5) is 5.69 Å². The first-order chi connectivity index (χ1) is 10.6. The number of aromatic nitrogens is 1. The number of carbonyl (C=O) groups is 1. The maximum atomic E-state index is 11.3.